The monoisotopic (exact) mass is 227 g/mol. The zero-order valence-electron chi connectivity index (χ0n) is 9.08. The number of aromatic amines is 1. The first-order chi connectivity index (χ1) is 8.25. The molecule has 0 radical (unpaired) electrons. The van der Waals surface area contributed by atoms with Gasteiger partial charge in [0, 0.05) is 7.05 Å². The Kier molecular flexibility index (Phi) is 2.01. The molecule has 0 spiro atoms. The predicted molar refractivity (Wildman–Crippen MR) is 62.4 cm³/mol. The molecular formula is C11H9N5O. The number of H-pyrrole nitrogens is 1. The second kappa shape index (κ2) is 3.51. The van der Waals surface area contributed by atoms with Crippen molar-refractivity contribution in [3.63, 3.8) is 0 Å². The third-order valence-corrected chi connectivity index (χ3v) is 2.52. The number of para-hydroxylation sites is 2. The highest BCUT2D eigenvalue weighted by atomic mass is 16.1. The molecule has 0 saturated carbocycles. The van der Waals surface area contributed by atoms with Gasteiger partial charge in [-0.2, -0.15) is 5.10 Å². The number of nitrogens with one attached hydrogen (secondary N) is 1. The van der Waals surface area contributed by atoms with Crippen LogP contribution in [0.1, 0.15) is 0 Å². The second-order valence-corrected chi connectivity index (χ2v) is 3.64. The molecule has 0 fully saturated rings. The van der Waals surface area contributed by atoms with E-state index in [1.807, 2.05) is 24.3 Å². The number of aryl methyl sites for hydroxylation is 1. The molecule has 0 saturated heterocycles. The maximum Gasteiger partial charge on any atom is 0.278 e. The van der Waals surface area contributed by atoms with Crippen molar-refractivity contribution in [2.75, 3.05) is 0 Å². The number of benzene rings is 1. The fourth-order valence-electron chi connectivity index (χ4n) is 1.69. The Morgan fingerprint density at radius 2 is 2.12 bits per heavy atom. The molecule has 2 heterocycles. The van der Waals surface area contributed by atoms with E-state index < -0.39 is 0 Å². The molecule has 0 aliphatic rings. The Morgan fingerprint density at radius 3 is 2.88 bits per heavy atom. The van der Waals surface area contributed by atoms with Crippen LogP contribution in [0.3, 0.4) is 0 Å². The summed E-state index contributed by atoms with van der Waals surface area (Å²) < 4.78 is 1.52. The predicted octanol–water partition coefficient (Wildman–Crippen LogP) is 0.719. The van der Waals surface area contributed by atoms with Gasteiger partial charge in [-0.25, -0.2) is 14.6 Å². The molecule has 17 heavy (non-hydrogen) atoms. The third kappa shape index (κ3) is 1.50. The highest BCUT2D eigenvalue weighted by Crippen LogP contribution is 2.12. The van der Waals surface area contributed by atoms with E-state index in [-0.39, 0.29) is 11.3 Å². The van der Waals surface area contributed by atoms with Crippen molar-refractivity contribution in [3.8, 4) is 11.5 Å². The van der Waals surface area contributed by atoms with Gasteiger partial charge in [0.15, 0.2) is 11.5 Å². The van der Waals surface area contributed by atoms with E-state index in [1.54, 1.807) is 7.05 Å². The van der Waals surface area contributed by atoms with Crippen LogP contribution < -0.4 is 5.56 Å². The molecule has 1 aromatic carbocycles. The topological polar surface area (TPSA) is 76.5 Å². The van der Waals surface area contributed by atoms with Crippen LogP contribution in [0.4, 0.5) is 0 Å². The standard InChI is InChI=1S/C11H9N5O/c1-16-10(12-6-13-16)9-11(17)15-8-5-3-2-4-7(8)14-9/h2-6H,1H3,(H,15,17). The molecule has 2 aromatic heterocycles. The van der Waals surface area contributed by atoms with Gasteiger partial charge in [-0.3, -0.25) is 4.79 Å². The number of aromatic nitrogens is 5. The molecule has 3 rings (SSSR count). The first-order valence-corrected chi connectivity index (χ1v) is 5.09. The van der Waals surface area contributed by atoms with Crippen molar-refractivity contribution < 1.29 is 0 Å². The summed E-state index contributed by atoms with van der Waals surface area (Å²) in [5.41, 5.74) is 1.46. The Hall–Kier alpha value is -2.50. The number of hydrogen-bond donors (Lipinski definition) is 1. The lowest BCUT2D eigenvalue weighted by atomic mass is 10.3. The van der Waals surface area contributed by atoms with Gasteiger partial charge in [-0.1, -0.05) is 12.1 Å². The number of nitrogens with zero attached hydrogens (tertiary/aromatic N) is 4. The maximum atomic E-state index is 11.9. The van der Waals surface area contributed by atoms with Crippen LogP contribution in [0.15, 0.2) is 35.4 Å². The van der Waals surface area contributed by atoms with E-state index in [2.05, 4.69) is 20.1 Å². The minimum Gasteiger partial charge on any atom is -0.319 e. The van der Waals surface area contributed by atoms with Gasteiger partial charge in [0.25, 0.3) is 5.56 Å². The molecule has 0 unspecified atom stereocenters. The molecular weight excluding hydrogens is 218 g/mol. The van der Waals surface area contributed by atoms with E-state index >= 15 is 0 Å². The highest BCUT2D eigenvalue weighted by molar-refractivity contribution is 5.75. The van der Waals surface area contributed by atoms with Crippen molar-refractivity contribution in [1.29, 1.82) is 0 Å². The van der Waals surface area contributed by atoms with Gasteiger partial charge in [0.2, 0.25) is 0 Å². The zero-order chi connectivity index (χ0) is 11.8. The summed E-state index contributed by atoms with van der Waals surface area (Å²) in [4.78, 5) is 23.0. The van der Waals surface area contributed by atoms with Crippen LogP contribution in [-0.4, -0.2) is 24.7 Å². The van der Waals surface area contributed by atoms with Crippen molar-refractivity contribution >= 4 is 11.0 Å². The minimum atomic E-state index is -0.264. The quantitative estimate of drug-likeness (QED) is 0.664. The fraction of sp³-hybridized carbons (Fsp3) is 0.0909. The normalized spacial score (nSPS) is 10.9. The van der Waals surface area contributed by atoms with Gasteiger partial charge >= 0.3 is 0 Å². The first-order valence-electron chi connectivity index (χ1n) is 5.09. The smallest absolute Gasteiger partial charge is 0.278 e. The lowest BCUT2D eigenvalue weighted by Crippen LogP contribution is -2.14. The van der Waals surface area contributed by atoms with E-state index in [0.29, 0.717) is 11.3 Å². The van der Waals surface area contributed by atoms with Crippen LogP contribution in [0, 0.1) is 0 Å². The molecule has 1 N–H and O–H groups in total. The maximum absolute atomic E-state index is 11.9. The highest BCUT2D eigenvalue weighted by Gasteiger charge is 2.11. The van der Waals surface area contributed by atoms with Gasteiger partial charge in [-0.05, 0) is 12.1 Å². The Balaban J connectivity index is 2.34. The van der Waals surface area contributed by atoms with Crippen molar-refractivity contribution in [1.82, 2.24) is 24.7 Å². The summed E-state index contributed by atoms with van der Waals surface area (Å²) >= 11 is 0. The molecule has 0 aliphatic carbocycles. The molecule has 84 valence electrons. The second-order valence-electron chi connectivity index (χ2n) is 3.64. The van der Waals surface area contributed by atoms with Gasteiger partial charge in [0.1, 0.15) is 6.33 Å². The first kappa shape index (κ1) is 9.71. The Morgan fingerprint density at radius 1 is 1.29 bits per heavy atom. The fourth-order valence-corrected chi connectivity index (χ4v) is 1.69. The molecule has 0 bridgehead atoms. The summed E-state index contributed by atoms with van der Waals surface area (Å²) in [6.45, 7) is 0. The number of rotatable bonds is 1. The van der Waals surface area contributed by atoms with E-state index in [9.17, 15) is 4.79 Å². The van der Waals surface area contributed by atoms with Crippen molar-refractivity contribution in [2.24, 2.45) is 7.05 Å². The van der Waals surface area contributed by atoms with E-state index in [4.69, 9.17) is 0 Å². The molecule has 6 nitrogen and oxygen atoms in total. The molecule has 0 atom stereocenters. The number of fused-ring (bicyclic) bond motifs is 1. The van der Waals surface area contributed by atoms with Crippen LogP contribution in [0.25, 0.3) is 22.6 Å². The van der Waals surface area contributed by atoms with Crippen molar-refractivity contribution in [2.45, 2.75) is 0 Å². The average molecular weight is 227 g/mol. The lowest BCUT2D eigenvalue weighted by Gasteiger charge is -2.01. The summed E-state index contributed by atoms with van der Waals surface area (Å²) in [7, 11) is 1.72. The summed E-state index contributed by atoms with van der Waals surface area (Å²) in [5, 5.41) is 3.93. The average Bonchev–Trinajstić information content (AvgIpc) is 2.74. The van der Waals surface area contributed by atoms with Gasteiger partial charge in [0.05, 0.1) is 11.0 Å². The van der Waals surface area contributed by atoms with Crippen LogP contribution >= 0.6 is 0 Å². The molecule has 0 aliphatic heterocycles. The zero-order valence-corrected chi connectivity index (χ0v) is 9.08. The van der Waals surface area contributed by atoms with E-state index in [1.165, 1.54) is 11.0 Å². The van der Waals surface area contributed by atoms with Gasteiger partial charge in [-0.15, -0.1) is 0 Å². The summed E-state index contributed by atoms with van der Waals surface area (Å²) in [6.07, 6.45) is 1.39. The molecule has 3 aromatic rings. The Labute approximate surface area is 96.0 Å². The van der Waals surface area contributed by atoms with Crippen LogP contribution in [-0.2, 0) is 7.05 Å². The Bertz CT molecular complexity index is 743. The number of hydrogen-bond acceptors (Lipinski definition) is 4. The summed E-state index contributed by atoms with van der Waals surface area (Å²) in [6, 6.07) is 7.37. The summed E-state index contributed by atoms with van der Waals surface area (Å²) in [5.74, 6) is 0.456. The molecule has 0 amide bonds. The van der Waals surface area contributed by atoms with Crippen molar-refractivity contribution in [3.05, 3.63) is 40.9 Å². The van der Waals surface area contributed by atoms with Gasteiger partial charge < -0.3 is 4.98 Å². The largest absolute Gasteiger partial charge is 0.319 e. The SMILES string of the molecule is Cn1ncnc1-c1nc2ccccc2[nH]c1=O. The third-order valence-electron chi connectivity index (χ3n) is 2.52. The van der Waals surface area contributed by atoms with Crippen LogP contribution in [0.2, 0.25) is 0 Å². The lowest BCUT2D eigenvalue weighted by molar-refractivity contribution is 0.771. The van der Waals surface area contributed by atoms with E-state index in [0.717, 1.165) is 5.52 Å². The van der Waals surface area contributed by atoms with Crippen LogP contribution in [0.5, 0.6) is 0 Å². The minimum absolute atomic E-state index is 0.264. The molecule has 6 heteroatoms.